The van der Waals surface area contributed by atoms with Crippen LogP contribution < -0.4 is 5.32 Å². The van der Waals surface area contributed by atoms with Crippen LogP contribution in [0.25, 0.3) is 0 Å². The van der Waals surface area contributed by atoms with Crippen molar-refractivity contribution in [2.24, 2.45) is 5.92 Å². The maximum absolute atomic E-state index is 3.16. The molecule has 0 saturated carbocycles. The summed E-state index contributed by atoms with van der Waals surface area (Å²) in [6, 6.07) is 2.31. The van der Waals surface area contributed by atoms with E-state index in [4.69, 9.17) is 0 Å². The summed E-state index contributed by atoms with van der Waals surface area (Å²) in [6.45, 7) is 5.52. The molecule has 0 bridgehead atoms. The summed E-state index contributed by atoms with van der Waals surface area (Å²) in [5, 5.41) is 5.43. The van der Waals surface area contributed by atoms with E-state index in [1.54, 1.807) is 0 Å². The van der Waals surface area contributed by atoms with Crippen molar-refractivity contribution in [2.75, 3.05) is 7.05 Å². The van der Waals surface area contributed by atoms with Crippen LogP contribution in [0.2, 0.25) is 0 Å². The van der Waals surface area contributed by atoms with Gasteiger partial charge in [-0.3, -0.25) is 0 Å². The quantitative estimate of drug-likeness (QED) is 0.756. The van der Waals surface area contributed by atoms with Crippen LogP contribution in [0.5, 0.6) is 0 Å². The van der Waals surface area contributed by atoms with Crippen LogP contribution in [0.3, 0.4) is 0 Å². The Labute approximate surface area is 78.8 Å². The molecule has 1 aromatic heterocycles. The van der Waals surface area contributed by atoms with Gasteiger partial charge in [0.2, 0.25) is 0 Å². The molecule has 0 aromatic carbocycles. The minimum Gasteiger partial charge on any atom is -0.315 e. The van der Waals surface area contributed by atoms with E-state index in [0.29, 0.717) is 0 Å². The van der Waals surface area contributed by atoms with E-state index in [1.807, 2.05) is 18.4 Å². The lowest BCUT2D eigenvalue weighted by molar-refractivity contribution is 0.648. The molecule has 2 heteroatoms. The van der Waals surface area contributed by atoms with Crippen molar-refractivity contribution >= 4 is 11.3 Å². The lowest BCUT2D eigenvalue weighted by atomic mass is 10.1. The normalized spacial score (nSPS) is 11.0. The van der Waals surface area contributed by atoms with E-state index in [0.717, 1.165) is 12.5 Å². The summed E-state index contributed by atoms with van der Waals surface area (Å²) < 4.78 is 0. The first-order valence-corrected chi connectivity index (χ1v) is 5.31. The highest BCUT2D eigenvalue weighted by molar-refractivity contribution is 7.10. The van der Waals surface area contributed by atoms with E-state index in [-0.39, 0.29) is 0 Å². The molecular weight excluding hydrogens is 166 g/mol. The predicted molar refractivity (Wildman–Crippen MR) is 55.6 cm³/mol. The van der Waals surface area contributed by atoms with E-state index in [2.05, 4.69) is 30.6 Å². The number of rotatable bonds is 4. The van der Waals surface area contributed by atoms with Gasteiger partial charge in [0, 0.05) is 11.4 Å². The van der Waals surface area contributed by atoms with Gasteiger partial charge in [0.05, 0.1) is 0 Å². The van der Waals surface area contributed by atoms with E-state index in [9.17, 15) is 0 Å². The van der Waals surface area contributed by atoms with Crippen molar-refractivity contribution in [1.29, 1.82) is 0 Å². The Morgan fingerprint density at radius 2 is 2.25 bits per heavy atom. The van der Waals surface area contributed by atoms with Crippen LogP contribution in [0, 0.1) is 5.92 Å². The minimum atomic E-state index is 0.766. The van der Waals surface area contributed by atoms with E-state index < -0.39 is 0 Å². The summed E-state index contributed by atoms with van der Waals surface area (Å²) in [5.74, 6) is 0.766. The molecule has 1 nitrogen and oxygen atoms in total. The summed E-state index contributed by atoms with van der Waals surface area (Å²) in [4.78, 5) is 1.44. The Balaban J connectivity index is 2.52. The van der Waals surface area contributed by atoms with Gasteiger partial charge in [-0.2, -0.15) is 0 Å². The van der Waals surface area contributed by atoms with Gasteiger partial charge >= 0.3 is 0 Å². The van der Waals surface area contributed by atoms with E-state index >= 15 is 0 Å². The van der Waals surface area contributed by atoms with Crippen LogP contribution in [-0.2, 0) is 13.0 Å². The summed E-state index contributed by atoms with van der Waals surface area (Å²) in [5.41, 5.74) is 1.49. The molecule has 0 atom stereocenters. The van der Waals surface area contributed by atoms with Crippen LogP contribution >= 0.6 is 11.3 Å². The molecule has 0 aliphatic rings. The van der Waals surface area contributed by atoms with Crippen molar-refractivity contribution in [1.82, 2.24) is 5.32 Å². The molecule has 0 amide bonds. The van der Waals surface area contributed by atoms with Crippen molar-refractivity contribution in [3.8, 4) is 0 Å². The molecule has 0 spiro atoms. The number of nitrogens with one attached hydrogen (secondary N) is 1. The van der Waals surface area contributed by atoms with Crippen LogP contribution in [-0.4, -0.2) is 7.05 Å². The maximum atomic E-state index is 3.16. The highest BCUT2D eigenvalue weighted by Gasteiger charge is 2.00. The van der Waals surface area contributed by atoms with Crippen molar-refractivity contribution < 1.29 is 0 Å². The third-order valence-electron chi connectivity index (χ3n) is 1.70. The molecule has 1 rings (SSSR count). The number of hydrogen-bond acceptors (Lipinski definition) is 2. The average Bonchev–Trinajstić information content (AvgIpc) is 2.36. The minimum absolute atomic E-state index is 0.766. The lowest BCUT2D eigenvalue weighted by Crippen LogP contribution is -2.02. The van der Waals surface area contributed by atoms with Gasteiger partial charge in [0.15, 0.2) is 0 Å². The van der Waals surface area contributed by atoms with Gasteiger partial charge < -0.3 is 5.32 Å². The van der Waals surface area contributed by atoms with Gasteiger partial charge in [0.1, 0.15) is 0 Å². The van der Waals surface area contributed by atoms with Gasteiger partial charge in [0.25, 0.3) is 0 Å². The van der Waals surface area contributed by atoms with Crippen molar-refractivity contribution in [3.63, 3.8) is 0 Å². The molecule has 0 unspecified atom stereocenters. The number of thiophene rings is 1. The zero-order chi connectivity index (χ0) is 8.97. The zero-order valence-electron chi connectivity index (χ0n) is 8.05. The molecule has 0 aliphatic heterocycles. The molecule has 1 N–H and O–H groups in total. The predicted octanol–water partition coefficient (Wildman–Crippen LogP) is 2.67. The second-order valence-electron chi connectivity index (χ2n) is 3.55. The van der Waals surface area contributed by atoms with Crippen molar-refractivity contribution in [3.05, 3.63) is 21.9 Å². The van der Waals surface area contributed by atoms with Crippen LogP contribution in [0.15, 0.2) is 11.4 Å². The zero-order valence-corrected chi connectivity index (χ0v) is 8.87. The fourth-order valence-corrected chi connectivity index (χ4v) is 2.19. The second kappa shape index (κ2) is 4.63. The van der Waals surface area contributed by atoms with Crippen LogP contribution in [0.1, 0.15) is 24.3 Å². The highest BCUT2D eigenvalue weighted by Crippen LogP contribution is 2.17. The first-order valence-electron chi connectivity index (χ1n) is 4.43. The SMILES string of the molecule is CNCc1cc(CC(C)C)cs1. The first kappa shape index (κ1) is 9.75. The molecule has 1 aromatic rings. The Morgan fingerprint density at radius 1 is 1.50 bits per heavy atom. The molecule has 68 valence electrons. The average molecular weight is 183 g/mol. The topological polar surface area (TPSA) is 12.0 Å². The Kier molecular flexibility index (Phi) is 3.76. The fourth-order valence-electron chi connectivity index (χ4n) is 1.27. The summed E-state index contributed by atoms with van der Waals surface area (Å²) in [7, 11) is 1.99. The summed E-state index contributed by atoms with van der Waals surface area (Å²) >= 11 is 1.85. The Bertz CT molecular complexity index is 227. The molecule has 0 aliphatic carbocycles. The Morgan fingerprint density at radius 3 is 2.83 bits per heavy atom. The van der Waals surface area contributed by atoms with Crippen LogP contribution in [0.4, 0.5) is 0 Å². The molecule has 0 fully saturated rings. The second-order valence-corrected chi connectivity index (χ2v) is 4.55. The smallest absolute Gasteiger partial charge is 0.0296 e. The van der Waals surface area contributed by atoms with Gasteiger partial charge in [-0.15, -0.1) is 11.3 Å². The molecule has 0 saturated heterocycles. The molecule has 1 heterocycles. The Hall–Kier alpha value is -0.340. The molecule has 12 heavy (non-hydrogen) atoms. The molecule has 0 radical (unpaired) electrons. The highest BCUT2D eigenvalue weighted by atomic mass is 32.1. The third-order valence-corrected chi connectivity index (χ3v) is 2.69. The van der Waals surface area contributed by atoms with Crippen molar-refractivity contribution in [2.45, 2.75) is 26.8 Å². The van der Waals surface area contributed by atoms with Gasteiger partial charge in [-0.05, 0) is 36.4 Å². The van der Waals surface area contributed by atoms with Gasteiger partial charge in [-0.25, -0.2) is 0 Å². The standard InChI is InChI=1S/C10H17NS/c1-8(2)4-9-5-10(6-11-3)12-7-9/h5,7-8,11H,4,6H2,1-3H3. The maximum Gasteiger partial charge on any atom is 0.0296 e. The number of hydrogen-bond donors (Lipinski definition) is 1. The fraction of sp³-hybridized carbons (Fsp3) is 0.600. The third kappa shape index (κ3) is 2.95. The lowest BCUT2D eigenvalue weighted by Gasteiger charge is -1.99. The molecular formula is C10H17NS. The van der Waals surface area contributed by atoms with E-state index in [1.165, 1.54) is 16.9 Å². The summed E-state index contributed by atoms with van der Waals surface area (Å²) in [6.07, 6.45) is 1.21. The first-order chi connectivity index (χ1) is 5.72. The monoisotopic (exact) mass is 183 g/mol. The largest absolute Gasteiger partial charge is 0.315 e. The van der Waals surface area contributed by atoms with Gasteiger partial charge in [-0.1, -0.05) is 13.8 Å².